The fourth-order valence-corrected chi connectivity index (χ4v) is 11.6. The van der Waals surface area contributed by atoms with E-state index in [-0.39, 0.29) is 19.4 Å². The second kappa shape index (κ2) is 65.2. The molecular weight excluding hydrogens is 1110 g/mol. The molecule has 0 aromatic rings. The van der Waals surface area contributed by atoms with Gasteiger partial charge in [0.2, 0.25) is 5.91 Å². The molecular formula is C78H141NO10. The van der Waals surface area contributed by atoms with Crippen molar-refractivity contribution >= 4 is 11.9 Å². The Hall–Kier alpha value is -2.90. The summed E-state index contributed by atoms with van der Waals surface area (Å²) in [7, 11) is 0. The zero-order chi connectivity index (χ0) is 64.6. The van der Waals surface area contributed by atoms with Crippen molar-refractivity contribution in [2.75, 3.05) is 13.2 Å². The smallest absolute Gasteiger partial charge is 0.306 e. The van der Waals surface area contributed by atoms with Crippen LogP contribution in [0.1, 0.15) is 348 Å². The van der Waals surface area contributed by atoms with Gasteiger partial charge in [-0.25, -0.2) is 0 Å². The van der Waals surface area contributed by atoms with Crippen LogP contribution in [0.3, 0.4) is 0 Å². The molecule has 89 heavy (non-hydrogen) atoms. The maximum absolute atomic E-state index is 13.5. The van der Waals surface area contributed by atoms with Gasteiger partial charge in [-0.2, -0.15) is 0 Å². The lowest BCUT2D eigenvalue weighted by Crippen LogP contribution is -2.61. The van der Waals surface area contributed by atoms with Crippen LogP contribution in [0.15, 0.2) is 72.9 Å². The number of hydrogen-bond donors (Lipinski definition) is 6. The van der Waals surface area contributed by atoms with Gasteiger partial charge in [-0.3, -0.25) is 9.59 Å². The molecule has 8 atom stereocenters. The lowest BCUT2D eigenvalue weighted by molar-refractivity contribution is -0.305. The second-order valence-electron chi connectivity index (χ2n) is 26.0. The normalized spacial score (nSPS) is 18.5. The zero-order valence-electron chi connectivity index (χ0n) is 57.8. The summed E-state index contributed by atoms with van der Waals surface area (Å²) in [6, 6.07) is -1.03. The van der Waals surface area contributed by atoms with Gasteiger partial charge in [-0.15, -0.1) is 0 Å². The van der Waals surface area contributed by atoms with Gasteiger partial charge in [-0.1, -0.05) is 318 Å². The first kappa shape index (κ1) is 84.1. The van der Waals surface area contributed by atoms with Crippen molar-refractivity contribution in [2.24, 2.45) is 0 Å². The van der Waals surface area contributed by atoms with E-state index in [0.717, 1.165) is 83.5 Å². The predicted octanol–water partition coefficient (Wildman–Crippen LogP) is 19.9. The third-order valence-electron chi connectivity index (χ3n) is 17.6. The summed E-state index contributed by atoms with van der Waals surface area (Å²) in [5.74, 6) is -1.19. The quantitative estimate of drug-likeness (QED) is 0.0195. The van der Waals surface area contributed by atoms with Crippen molar-refractivity contribution < 1.29 is 49.3 Å². The third kappa shape index (κ3) is 52.2. The number of ether oxygens (including phenoxy) is 3. The Kier molecular flexibility index (Phi) is 61.6. The summed E-state index contributed by atoms with van der Waals surface area (Å²) in [4.78, 5) is 26.7. The van der Waals surface area contributed by atoms with Crippen molar-refractivity contribution in [3.8, 4) is 0 Å². The highest BCUT2D eigenvalue weighted by Crippen LogP contribution is 2.26. The van der Waals surface area contributed by atoms with E-state index in [9.17, 15) is 35.1 Å². The first-order chi connectivity index (χ1) is 43.7. The first-order valence-corrected chi connectivity index (χ1v) is 37.7. The van der Waals surface area contributed by atoms with Crippen molar-refractivity contribution in [1.82, 2.24) is 5.32 Å². The molecule has 1 aliphatic rings. The molecule has 1 amide bonds. The molecule has 0 bridgehead atoms. The van der Waals surface area contributed by atoms with E-state index in [2.05, 4.69) is 86.8 Å². The summed E-state index contributed by atoms with van der Waals surface area (Å²) < 4.78 is 17.7. The van der Waals surface area contributed by atoms with Crippen LogP contribution in [0, 0.1) is 0 Å². The molecule has 0 saturated carbocycles. The number of esters is 1. The van der Waals surface area contributed by atoms with Crippen LogP contribution in [0.2, 0.25) is 0 Å². The minimum absolute atomic E-state index is 0.124. The highest BCUT2D eigenvalue weighted by Gasteiger charge is 2.47. The highest BCUT2D eigenvalue weighted by molar-refractivity contribution is 5.80. The van der Waals surface area contributed by atoms with Gasteiger partial charge in [0.15, 0.2) is 12.4 Å². The van der Waals surface area contributed by atoms with Crippen molar-refractivity contribution in [1.29, 1.82) is 0 Å². The Morgan fingerprint density at radius 1 is 0.438 bits per heavy atom. The number of allylic oxidation sites excluding steroid dienone is 11. The minimum Gasteiger partial charge on any atom is -0.454 e. The SMILES string of the molecule is CCCCC/C=C\C/C=C\C/C=C\CCCCCCCCCCCCCC(O)C(=O)NC(COC1OC(CO)C(O)C(O)C1OC(=O)CCCCCCCCCCCCCCCCC/C=C\C/C=C\CCCCC)C(O)/C=C/CCCCCCCCCCC. The summed E-state index contributed by atoms with van der Waals surface area (Å²) in [5, 5.41) is 57.3. The second-order valence-corrected chi connectivity index (χ2v) is 26.0. The Balaban J connectivity index is 2.51. The van der Waals surface area contributed by atoms with Gasteiger partial charge < -0.3 is 45.1 Å². The maximum Gasteiger partial charge on any atom is 0.306 e. The molecule has 0 aromatic heterocycles. The number of carbonyl (C=O) groups is 2. The Morgan fingerprint density at radius 3 is 1.18 bits per heavy atom. The number of nitrogens with one attached hydrogen (secondary N) is 1. The van der Waals surface area contributed by atoms with E-state index < -0.39 is 67.4 Å². The van der Waals surface area contributed by atoms with Crippen LogP contribution >= 0.6 is 0 Å². The van der Waals surface area contributed by atoms with Crippen molar-refractivity contribution in [2.45, 2.75) is 397 Å². The van der Waals surface area contributed by atoms with Gasteiger partial charge in [0, 0.05) is 6.42 Å². The number of hydrogen-bond acceptors (Lipinski definition) is 10. The molecule has 0 radical (unpaired) electrons. The van der Waals surface area contributed by atoms with Crippen LogP contribution in [0.4, 0.5) is 0 Å². The number of aliphatic hydroxyl groups excluding tert-OH is 5. The first-order valence-electron chi connectivity index (χ1n) is 37.7. The molecule has 1 heterocycles. The van der Waals surface area contributed by atoms with Crippen LogP contribution in [-0.2, 0) is 23.8 Å². The molecule has 6 N–H and O–H groups in total. The van der Waals surface area contributed by atoms with Crippen LogP contribution in [0.5, 0.6) is 0 Å². The minimum atomic E-state index is -1.62. The summed E-state index contributed by atoms with van der Waals surface area (Å²) >= 11 is 0. The van der Waals surface area contributed by atoms with E-state index in [1.54, 1.807) is 6.08 Å². The molecule has 518 valence electrons. The average Bonchev–Trinajstić information content (AvgIpc) is 3.72. The number of amides is 1. The number of carbonyl (C=O) groups excluding carboxylic acids is 2. The third-order valence-corrected chi connectivity index (χ3v) is 17.6. The van der Waals surface area contributed by atoms with Gasteiger partial charge >= 0.3 is 5.97 Å². The van der Waals surface area contributed by atoms with E-state index in [1.165, 1.54) is 218 Å². The fraction of sp³-hybridized carbons (Fsp3) is 0.821. The largest absolute Gasteiger partial charge is 0.454 e. The molecule has 1 rings (SSSR count). The van der Waals surface area contributed by atoms with Gasteiger partial charge in [0.1, 0.15) is 24.4 Å². The number of rotatable bonds is 65. The molecule has 1 saturated heterocycles. The van der Waals surface area contributed by atoms with Crippen LogP contribution < -0.4 is 5.32 Å². The lowest BCUT2D eigenvalue weighted by Gasteiger charge is -2.41. The molecule has 0 aliphatic carbocycles. The van der Waals surface area contributed by atoms with E-state index in [1.807, 2.05) is 6.08 Å². The molecule has 0 aromatic carbocycles. The number of unbranched alkanes of at least 4 members (excludes halogenated alkanes) is 41. The highest BCUT2D eigenvalue weighted by atomic mass is 16.7. The standard InChI is InChI=1S/C78H141NO10/c1-4-7-10-13-16-19-22-24-26-28-30-32-34-36-38-40-42-44-46-48-51-54-57-60-63-66-73(83)89-76-75(85)74(84)72(67-80)88-78(76)87-68-69(70(81)64-61-58-55-52-49-21-18-15-12-9-6-3)79-77(86)71(82)65-62-59-56-53-50-47-45-43-41-39-37-35-33-31-29-27-25-23-20-17-14-11-8-5-2/h16-17,19-20,24-27,31,33,61,64,69-72,74-76,78,80-82,84-85H,4-15,18,21-23,28-30,32,34-60,62-63,65-68H2,1-3H3,(H,79,86)/b19-16-,20-17-,26-24-,27-25-,33-31-,64-61+. The number of aliphatic hydroxyl groups is 5. The van der Waals surface area contributed by atoms with Crippen LogP contribution in [0.25, 0.3) is 0 Å². The monoisotopic (exact) mass is 1250 g/mol. The van der Waals surface area contributed by atoms with Crippen LogP contribution in [-0.4, -0.2) is 99.6 Å². The Labute approximate surface area is 547 Å². The molecule has 11 heteroatoms. The molecule has 1 aliphatic heterocycles. The van der Waals surface area contributed by atoms with Gasteiger partial charge in [0.05, 0.1) is 25.4 Å². The summed E-state index contributed by atoms with van der Waals surface area (Å²) in [5.41, 5.74) is 0. The van der Waals surface area contributed by atoms with Crippen molar-refractivity contribution in [3.05, 3.63) is 72.9 Å². The molecule has 1 fully saturated rings. The Bertz CT molecular complexity index is 1730. The Morgan fingerprint density at radius 2 is 0.775 bits per heavy atom. The van der Waals surface area contributed by atoms with Crippen molar-refractivity contribution in [3.63, 3.8) is 0 Å². The zero-order valence-corrected chi connectivity index (χ0v) is 57.8. The molecule has 8 unspecified atom stereocenters. The molecule has 11 nitrogen and oxygen atoms in total. The van der Waals surface area contributed by atoms with Gasteiger partial charge in [0.25, 0.3) is 0 Å². The lowest BCUT2D eigenvalue weighted by atomic mass is 9.99. The van der Waals surface area contributed by atoms with E-state index in [4.69, 9.17) is 14.2 Å². The fourth-order valence-electron chi connectivity index (χ4n) is 11.6. The molecule has 0 spiro atoms. The van der Waals surface area contributed by atoms with E-state index in [0.29, 0.717) is 12.8 Å². The summed E-state index contributed by atoms with van der Waals surface area (Å²) in [6.07, 6.45) is 75.2. The summed E-state index contributed by atoms with van der Waals surface area (Å²) in [6.45, 7) is 5.78. The topological polar surface area (TPSA) is 175 Å². The van der Waals surface area contributed by atoms with Gasteiger partial charge in [-0.05, 0) is 96.3 Å². The maximum atomic E-state index is 13.5. The van der Waals surface area contributed by atoms with E-state index >= 15 is 0 Å². The predicted molar refractivity (Wildman–Crippen MR) is 375 cm³/mol. The average molecular weight is 1250 g/mol.